The predicted octanol–water partition coefficient (Wildman–Crippen LogP) is 3.19. The molecule has 1 aliphatic rings. The Balaban J connectivity index is 2.55. The highest BCUT2D eigenvalue weighted by molar-refractivity contribution is 5.96. The molecule has 1 aliphatic heterocycles. The minimum Gasteiger partial charge on any atom is -0.462 e. The maximum atomic E-state index is 11.9. The van der Waals surface area contributed by atoms with E-state index in [-0.39, 0.29) is 12.2 Å². The van der Waals surface area contributed by atoms with Gasteiger partial charge in [0.25, 0.3) is 0 Å². The van der Waals surface area contributed by atoms with Crippen molar-refractivity contribution >= 4 is 17.7 Å². The van der Waals surface area contributed by atoms with E-state index in [1.807, 2.05) is 43.0 Å². The van der Waals surface area contributed by atoms with E-state index in [1.165, 1.54) is 5.56 Å². The number of benzene rings is 1. The number of fused-ring (bicyclic) bond motifs is 1. The van der Waals surface area contributed by atoms with Crippen molar-refractivity contribution in [3.63, 3.8) is 0 Å². The van der Waals surface area contributed by atoms with Gasteiger partial charge in [0.2, 0.25) is 0 Å². The molecule has 0 saturated heterocycles. The van der Waals surface area contributed by atoms with Gasteiger partial charge < -0.3 is 9.64 Å². The van der Waals surface area contributed by atoms with Crippen LogP contribution in [0.4, 0.5) is 5.69 Å². The van der Waals surface area contributed by atoms with Crippen molar-refractivity contribution in [1.82, 2.24) is 0 Å². The van der Waals surface area contributed by atoms with Gasteiger partial charge in [0, 0.05) is 12.2 Å². The Labute approximate surface area is 124 Å². The lowest BCUT2D eigenvalue weighted by atomic mass is 10.0. The highest BCUT2D eigenvalue weighted by atomic mass is 16.5. The average molecular weight is 282 g/mol. The number of allylic oxidation sites excluding steroid dienone is 1. The van der Waals surface area contributed by atoms with Gasteiger partial charge in [-0.1, -0.05) is 17.7 Å². The van der Waals surface area contributed by atoms with Crippen molar-refractivity contribution in [2.45, 2.75) is 20.8 Å². The Hall–Kier alpha value is -2.54. The third kappa shape index (κ3) is 2.82. The minimum absolute atomic E-state index is 0.0428. The molecular weight excluding hydrogens is 264 g/mol. The second-order valence-corrected chi connectivity index (χ2v) is 4.73. The third-order valence-electron chi connectivity index (χ3n) is 3.35. The minimum atomic E-state index is -0.575. The Morgan fingerprint density at radius 2 is 2.10 bits per heavy atom. The topological polar surface area (TPSA) is 53.3 Å². The normalized spacial score (nSPS) is 15.2. The summed E-state index contributed by atoms with van der Waals surface area (Å²) in [7, 11) is 0. The molecule has 0 amide bonds. The van der Waals surface area contributed by atoms with Crippen LogP contribution in [0.2, 0.25) is 0 Å². The maximum absolute atomic E-state index is 11.9. The lowest BCUT2D eigenvalue weighted by molar-refractivity contribution is -0.138. The van der Waals surface area contributed by atoms with Crippen LogP contribution in [-0.4, -0.2) is 19.1 Å². The fraction of sp³-hybridized carbons (Fsp3) is 0.294. The number of anilines is 1. The number of hydrogen-bond donors (Lipinski definition) is 0. The van der Waals surface area contributed by atoms with E-state index in [9.17, 15) is 10.1 Å². The molecule has 0 aliphatic carbocycles. The van der Waals surface area contributed by atoms with Crippen LogP contribution in [0.15, 0.2) is 35.5 Å². The Bertz CT molecular complexity index is 666. The van der Waals surface area contributed by atoms with E-state index < -0.39 is 5.97 Å². The summed E-state index contributed by atoms with van der Waals surface area (Å²) in [5.74, 6) is -0.575. The van der Waals surface area contributed by atoms with Crippen molar-refractivity contribution in [2.24, 2.45) is 0 Å². The van der Waals surface area contributed by atoms with Gasteiger partial charge in [-0.05, 0) is 44.5 Å². The number of carbonyl (C=O) groups is 1. The number of esters is 1. The lowest BCUT2D eigenvalue weighted by Gasteiger charge is -2.30. The van der Waals surface area contributed by atoms with Gasteiger partial charge in [0.1, 0.15) is 6.07 Å². The number of nitrogens with zero attached hydrogens (tertiary/aromatic N) is 2. The molecule has 0 bridgehead atoms. The average Bonchev–Trinajstić information content (AvgIpc) is 2.48. The van der Waals surface area contributed by atoms with Gasteiger partial charge in [0.15, 0.2) is 5.57 Å². The van der Waals surface area contributed by atoms with Crippen LogP contribution in [0, 0.1) is 18.3 Å². The van der Waals surface area contributed by atoms with Gasteiger partial charge in [0.05, 0.1) is 12.3 Å². The molecule has 0 N–H and O–H groups in total. The molecule has 108 valence electrons. The highest BCUT2D eigenvalue weighted by Gasteiger charge is 2.23. The Morgan fingerprint density at radius 3 is 2.71 bits per heavy atom. The summed E-state index contributed by atoms with van der Waals surface area (Å²) in [4.78, 5) is 13.9. The summed E-state index contributed by atoms with van der Waals surface area (Å²) in [5.41, 5.74) is 3.89. The molecular formula is C17H18N2O2. The number of likely N-dealkylation sites (N-methyl/N-ethyl adjacent to an activating group) is 1. The number of hydrogen-bond acceptors (Lipinski definition) is 4. The first kappa shape index (κ1) is 14.9. The van der Waals surface area contributed by atoms with Gasteiger partial charge in [-0.3, -0.25) is 0 Å². The van der Waals surface area contributed by atoms with Gasteiger partial charge in [-0.2, -0.15) is 5.26 Å². The summed E-state index contributed by atoms with van der Waals surface area (Å²) in [6.07, 6.45) is 3.74. The van der Waals surface area contributed by atoms with E-state index >= 15 is 0 Å². The highest BCUT2D eigenvalue weighted by Crippen LogP contribution is 2.32. The predicted molar refractivity (Wildman–Crippen MR) is 82.5 cm³/mol. The van der Waals surface area contributed by atoms with Crippen molar-refractivity contribution in [1.29, 1.82) is 5.26 Å². The first-order chi connectivity index (χ1) is 10.1. The zero-order valence-electron chi connectivity index (χ0n) is 12.5. The SMILES string of the molecule is CCOC(=O)C(C#N)=C1C=Cc2cc(C)ccc2N1CC. The van der Waals surface area contributed by atoms with E-state index in [0.717, 1.165) is 11.3 Å². The quantitative estimate of drug-likeness (QED) is 0.485. The van der Waals surface area contributed by atoms with E-state index in [0.29, 0.717) is 12.2 Å². The lowest BCUT2D eigenvalue weighted by Crippen LogP contribution is -2.27. The molecule has 1 heterocycles. The molecule has 2 rings (SSSR count). The zero-order chi connectivity index (χ0) is 15.4. The first-order valence-corrected chi connectivity index (χ1v) is 7.00. The first-order valence-electron chi connectivity index (χ1n) is 7.00. The van der Waals surface area contributed by atoms with Gasteiger partial charge in [-0.15, -0.1) is 0 Å². The molecule has 0 atom stereocenters. The molecule has 0 saturated carbocycles. The third-order valence-corrected chi connectivity index (χ3v) is 3.35. The monoisotopic (exact) mass is 282 g/mol. The molecule has 0 aromatic heterocycles. The summed E-state index contributed by atoms with van der Waals surface area (Å²) >= 11 is 0. The molecule has 4 heteroatoms. The summed E-state index contributed by atoms with van der Waals surface area (Å²) in [6.45, 7) is 6.67. The largest absolute Gasteiger partial charge is 0.462 e. The van der Waals surface area contributed by atoms with Crippen LogP contribution in [0.1, 0.15) is 25.0 Å². The van der Waals surface area contributed by atoms with Gasteiger partial charge >= 0.3 is 5.97 Å². The molecule has 21 heavy (non-hydrogen) atoms. The second kappa shape index (κ2) is 6.27. The van der Waals surface area contributed by atoms with Crippen molar-refractivity contribution in [3.8, 4) is 6.07 Å². The van der Waals surface area contributed by atoms with Crippen molar-refractivity contribution < 1.29 is 9.53 Å². The standard InChI is InChI=1S/C17H18N2O2/c1-4-19-15-8-6-12(3)10-13(15)7-9-16(19)14(11-18)17(20)21-5-2/h6-10H,4-5H2,1-3H3. The molecule has 4 nitrogen and oxygen atoms in total. The number of ether oxygens (including phenoxy) is 1. The van der Waals surface area contributed by atoms with Crippen LogP contribution in [0.3, 0.4) is 0 Å². The van der Waals surface area contributed by atoms with Crippen LogP contribution in [0.5, 0.6) is 0 Å². The van der Waals surface area contributed by atoms with E-state index in [2.05, 4.69) is 6.07 Å². The van der Waals surface area contributed by atoms with Crippen LogP contribution < -0.4 is 4.90 Å². The van der Waals surface area contributed by atoms with Gasteiger partial charge in [-0.25, -0.2) is 4.79 Å². The van der Waals surface area contributed by atoms with Crippen LogP contribution in [-0.2, 0) is 9.53 Å². The maximum Gasteiger partial charge on any atom is 0.351 e. The van der Waals surface area contributed by atoms with Crippen LogP contribution in [0.25, 0.3) is 6.08 Å². The number of nitriles is 1. The van der Waals surface area contributed by atoms with E-state index in [1.54, 1.807) is 13.0 Å². The number of aryl methyl sites for hydroxylation is 1. The fourth-order valence-electron chi connectivity index (χ4n) is 2.41. The molecule has 0 unspecified atom stereocenters. The number of carbonyl (C=O) groups excluding carboxylic acids is 1. The molecule has 1 aromatic rings. The van der Waals surface area contributed by atoms with Crippen molar-refractivity contribution in [3.05, 3.63) is 46.7 Å². The zero-order valence-corrected chi connectivity index (χ0v) is 12.5. The molecule has 0 fully saturated rings. The fourth-order valence-corrected chi connectivity index (χ4v) is 2.41. The molecule has 0 radical (unpaired) electrons. The van der Waals surface area contributed by atoms with E-state index in [4.69, 9.17) is 4.74 Å². The molecule has 1 aromatic carbocycles. The summed E-state index contributed by atoms with van der Waals surface area (Å²) < 4.78 is 4.97. The smallest absolute Gasteiger partial charge is 0.351 e. The van der Waals surface area contributed by atoms with Crippen LogP contribution >= 0.6 is 0 Å². The second-order valence-electron chi connectivity index (χ2n) is 4.73. The Kier molecular flexibility index (Phi) is 4.44. The number of rotatable bonds is 3. The summed E-state index contributed by atoms with van der Waals surface area (Å²) in [6, 6.07) is 8.09. The Morgan fingerprint density at radius 1 is 1.33 bits per heavy atom. The van der Waals surface area contributed by atoms with Crippen molar-refractivity contribution in [2.75, 3.05) is 18.1 Å². The summed E-state index contributed by atoms with van der Waals surface area (Å²) in [5, 5.41) is 9.31. The molecule has 0 spiro atoms.